The molecule has 106 valence electrons. The predicted molar refractivity (Wildman–Crippen MR) is 77.9 cm³/mol. The first-order valence-corrected chi connectivity index (χ1v) is 7.51. The minimum Gasteiger partial charge on any atom is -0.349 e. The first kappa shape index (κ1) is 14.2. The third-order valence-corrected chi connectivity index (χ3v) is 5.02. The Morgan fingerprint density at radius 2 is 2.21 bits per heavy atom. The van der Waals surface area contributed by atoms with Crippen molar-refractivity contribution in [3.8, 4) is 0 Å². The molecule has 2 rings (SSSR count). The topological polar surface area (TPSA) is 64.2 Å². The van der Waals surface area contributed by atoms with Gasteiger partial charge < -0.3 is 4.90 Å². The smallest absolute Gasteiger partial charge is 0.333 e. The van der Waals surface area contributed by atoms with Gasteiger partial charge in [0.1, 0.15) is 5.69 Å². The van der Waals surface area contributed by atoms with E-state index in [9.17, 15) is 10.1 Å². The molecule has 1 aliphatic heterocycles. The first-order chi connectivity index (χ1) is 8.91. The van der Waals surface area contributed by atoms with Gasteiger partial charge in [-0.15, -0.1) is 0 Å². The fraction of sp³-hybridized carbons (Fsp3) is 0.750. The SMILES string of the molecule is Cc1nn(C)c(N2CCSC(C(C)C)C2)c1[N+](=O)[O-]. The van der Waals surface area contributed by atoms with E-state index >= 15 is 0 Å². The third-order valence-electron chi connectivity index (χ3n) is 3.48. The number of nitro groups is 1. The van der Waals surface area contributed by atoms with Crippen molar-refractivity contribution in [2.45, 2.75) is 26.0 Å². The van der Waals surface area contributed by atoms with Crippen LogP contribution in [-0.4, -0.2) is 38.8 Å². The van der Waals surface area contributed by atoms with Crippen LogP contribution in [0.1, 0.15) is 19.5 Å². The van der Waals surface area contributed by atoms with Gasteiger partial charge in [-0.25, -0.2) is 4.68 Å². The second-order valence-electron chi connectivity index (χ2n) is 5.24. The van der Waals surface area contributed by atoms with Crippen LogP contribution in [-0.2, 0) is 7.05 Å². The van der Waals surface area contributed by atoms with Crippen molar-refractivity contribution in [2.75, 3.05) is 23.7 Å². The standard InChI is InChI=1S/C12H20N4O2S/c1-8(2)10-7-15(5-6-19-10)12-11(16(17)18)9(3)13-14(12)4/h8,10H,5-7H2,1-4H3. The summed E-state index contributed by atoms with van der Waals surface area (Å²) in [7, 11) is 1.78. The van der Waals surface area contributed by atoms with E-state index in [-0.39, 0.29) is 10.6 Å². The van der Waals surface area contributed by atoms with Crippen LogP contribution in [0.25, 0.3) is 0 Å². The normalized spacial score (nSPS) is 20.1. The van der Waals surface area contributed by atoms with Crippen molar-refractivity contribution in [3.05, 3.63) is 15.8 Å². The van der Waals surface area contributed by atoms with Crippen LogP contribution in [0, 0.1) is 23.0 Å². The van der Waals surface area contributed by atoms with Crippen LogP contribution < -0.4 is 4.90 Å². The first-order valence-electron chi connectivity index (χ1n) is 6.46. The average Bonchev–Trinajstić information content (AvgIpc) is 2.64. The zero-order chi connectivity index (χ0) is 14.2. The van der Waals surface area contributed by atoms with Crippen molar-refractivity contribution in [1.29, 1.82) is 0 Å². The summed E-state index contributed by atoms with van der Waals surface area (Å²) in [5, 5.41) is 16.0. The molecule has 0 aromatic carbocycles. The molecule has 0 saturated carbocycles. The largest absolute Gasteiger partial charge is 0.349 e. The van der Waals surface area contributed by atoms with Crippen LogP contribution in [0.5, 0.6) is 0 Å². The molecular weight excluding hydrogens is 264 g/mol. The van der Waals surface area contributed by atoms with Crippen LogP contribution in [0.15, 0.2) is 0 Å². The van der Waals surface area contributed by atoms with Gasteiger partial charge in [-0.05, 0) is 12.8 Å². The van der Waals surface area contributed by atoms with Gasteiger partial charge in [0, 0.05) is 31.1 Å². The molecule has 2 heterocycles. The maximum Gasteiger partial charge on any atom is 0.333 e. The second kappa shape index (κ2) is 5.40. The van der Waals surface area contributed by atoms with Gasteiger partial charge >= 0.3 is 5.69 Å². The lowest BCUT2D eigenvalue weighted by Crippen LogP contribution is -2.41. The zero-order valence-corrected chi connectivity index (χ0v) is 12.6. The lowest BCUT2D eigenvalue weighted by Gasteiger charge is -2.35. The number of aromatic nitrogens is 2. The van der Waals surface area contributed by atoms with Crippen LogP contribution >= 0.6 is 11.8 Å². The van der Waals surface area contributed by atoms with Crippen LogP contribution in [0.3, 0.4) is 0 Å². The Morgan fingerprint density at radius 3 is 2.79 bits per heavy atom. The van der Waals surface area contributed by atoms with Crippen molar-refractivity contribution >= 4 is 23.3 Å². The van der Waals surface area contributed by atoms with Crippen molar-refractivity contribution in [3.63, 3.8) is 0 Å². The number of hydrogen-bond donors (Lipinski definition) is 0. The van der Waals surface area contributed by atoms with Crippen LogP contribution in [0.4, 0.5) is 11.5 Å². The number of aryl methyl sites for hydroxylation is 2. The molecule has 1 atom stereocenters. The summed E-state index contributed by atoms with van der Waals surface area (Å²) in [6.07, 6.45) is 0. The molecule has 0 aliphatic carbocycles. The molecule has 0 amide bonds. The zero-order valence-electron chi connectivity index (χ0n) is 11.8. The lowest BCUT2D eigenvalue weighted by atomic mass is 10.1. The highest BCUT2D eigenvalue weighted by Crippen LogP contribution is 2.35. The number of nitrogens with zero attached hydrogens (tertiary/aromatic N) is 4. The van der Waals surface area contributed by atoms with Crippen molar-refractivity contribution in [1.82, 2.24) is 9.78 Å². The van der Waals surface area contributed by atoms with Crippen molar-refractivity contribution < 1.29 is 4.92 Å². The number of hydrogen-bond acceptors (Lipinski definition) is 5. The molecule has 0 N–H and O–H groups in total. The molecule has 1 aromatic rings. The Bertz CT molecular complexity index is 486. The summed E-state index contributed by atoms with van der Waals surface area (Å²) in [6, 6.07) is 0. The minimum absolute atomic E-state index is 0.150. The highest BCUT2D eigenvalue weighted by Gasteiger charge is 2.32. The molecular formula is C12H20N4O2S. The summed E-state index contributed by atoms with van der Waals surface area (Å²) in [5.41, 5.74) is 0.638. The minimum atomic E-state index is -0.316. The highest BCUT2D eigenvalue weighted by molar-refractivity contribution is 8.00. The number of thioether (sulfide) groups is 1. The molecule has 0 spiro atoms. The van der Waals surface area contributed by atoms with E-state index in [1.807, 2.05) is 11.8 Å². The quantitative estimate of drug-likeness (QED) is 0.629. The molecule has 1 aliphatic rings. The molecule has 1 aromatic heterocycles. The predicted octanol–water partition coefficient (Wildman–Crippen LogP) is 2.21. The second-order valence-corrected chi connectivity index (χ2v) is 6.58. The third kappa shape index (κ3) is 2.70. The number of rotatable bonds is 3. The maximum atomic E-state index is 11.2. The summed E-state index contributed by atoms with van der Waals surface area (Å²) in [6.45, 7) is 7.78. The Hall–Kier alpha value is -1.24. The van der Waals surface area contributed by atoms with E-state index in [2.05, 4.69) is 23.8 Å². The molecule has 0 radical (unpaired) electrons. The molecule has 7 heteroatoms. The Morgan fingerprint density at radius 1 is 1.53 bits per heavy atom. The number of anilines is 1. The molecule has 1 fully saturated rings. The summed E-state index contributed by atoms with van der Waals surface area (Å²) < 4.78 is 1.64. The van der Waals surface area contributed by atoms with Gasteiger partial charge in [0.05, 0.1) is 4.92 Å². The van der Waals surface area contributed by atoms with E-state index in [0.717, 1.165) is 18.8 Å². The summed E-state index contributed by atoms with van der Waals surface area (Å²) in [5.74, 6) is 2.22. The van der Waals surface area contributed by atoms with E-state index < -0.39 is 0 Å². The van der Waals surface area contributed by atoms with E-state index in [1.165, 1.54) is 0 Å². The average molecular weight is 284 g/mol. The molecule has 19 heavy (non-hydrogen) atoms. The molecule has 6 nitrogen and oxygen atoms in total. The molecule has 1 unspecified atom stereocenters. The maximum absolute atomic E-state index is 11.2. The summed E-state index contributed by atoms with van der Waals surface area (Å²) >= 11 is 1.96. The van der Waals surface area contributed by atoms with E-state index in [4.69, 9.17) is 0 Å². The lowest BCUT2D eigenvalue weighted by molar-refractivity contribution is -0.384. The van der Waals surface area contributed by atoms with Gasteiger partial charge in [-0.3, -0.25) is 10.1 Å². The van der Waals surface area contributed by atoms with Crippen molar-refractivity contribution in [2.24, 2.45) is 13.0 Å². The summed E-state index contributed by atoms with van der Waals surface area (Å²) in [4.78, 5) is 13.0. The van der Waals surface area contributed by atoms with E-state index in [1.54, 1.807) is 18.7 Å². The fourth-order valence-electron chi connectivity index (χ4n) is 2.47. The van der Waals surface area contributed by atoms with Gasteiger partial charge in [-0.1, -0.05) is 13.8 Å². The Kier molecular flexibility index (Phi) is 4.03. The fourth-order valence-corrected chi connectivity index (χ4v) is 3.77. The van der Waals surface area contributed by atoms with E-state index in [0.29, 0.717) is 22.7 Å². The van der Waals surface area contributed by atoms with Gasteiger partial charge in [0.25, 0.3) is 0 Å². The highest BCUT2D eigenvalue weighted by atomic mass is 32.2. The Labute approximate surface area is 117 Å². The molecule has 0 bridgehead atoms. The Balaban J connectivity index is 2.33. The van der Waals surface area contributed by atoms with Gasteiger partial charge in [0.2, 0.25) is 5.82 Å². The van der Waals surface area contributed by atoms with Crippen LogP contribution in [0.2, 0.25) is 0 Å². The molecule has 1 saturated heterocycles. The van der Waals surface area contributed by atoms with Gasteiger partial charge in [0.15, 0.2) is 0 Å². The van der Waals surface area contributed by atoms with Gasteiger partial charge in [-0.2, -0.15) is 16.9 Å². The monoisotopic (exact) mass is 284 g/mol.